The Labute approximate surface area is 455 Å². The summed E-state index contributed by atoms with van der Waals surface area (Å²) in [5.41, 5.74) is 15.1. The van der Waals surface area contributed by atoms with Crippen LogP contribution in [0.25, 0.3) is 11.3 Å². The third kappa shape index (κ3) is 13.8. The van der Waals surface area contributed by atoms with Gasteiger partial charge in [0, 0.05) is 22.6 Å². The summed E-state index contributed by atoms with van der Waals surface area (Å²) in [5.74, 6) is -0.227. The van der Waals surface area contributed by atoms with Gasteiger partial charge >= 0.3 is 13.1 Å². The number of pyridine rings is 1. The Bertz CT molecular complexity index is 2630. The summed E-state index contributed by atoms with van der Waals surface area (Å²) in [6.07, 6.45) is 12.7. The molecule has 8 heteroatoms. The molecule has 4 aromatic carbocycles. The third-order valence-electron chi connectivity index (χ3n) is 18.4. The van der Waals surface area contributed by atoms with Gasteiger partial charge in [0.15, 0.2) is 0 Å². The largest absolute Gasteiger partial charge is 0.495 e. The minimum Gasteiger partial charge on any atom is -0.466 e. The zero-order valence-corrected chi connectivity index (χ0v) is 49.6. The highest BCUT2D eigenvalue weighted by atomic mass is 16.7. The SMILES string of the molecule is CCC(O)(CC)CCc1ccc(C(CC)(CC)c2ccc(B3OC(C)(C)C(C)(C)O3)c(C)c2)cc1C.CCOC(=O)Cc1ccc(-c2ccc(C(CC)(CC)c3ccc(CCC(O)(CC)CC)c(C)c3)cc2C)nc1. The summed E-state index contributed by atoms with van der Waals surface area (Å²) < 4.78 is 17.7. The molecule has 0 unspecified atom stereocenters. The molecule has 6 rings (SSSR count). The summed E-state index contributed by atoms with van der Waals surface area (Å²) >= 11 is 0. The van der Waals surface area contributed by atoms with Gasteiger partial charge in [0.1, 0.15) is 0 Å². The number of aliphatic hydroxyl groups is 2. The molecule has 2 N–H and O–H groups in total. The third-order valence-corrected chi connectivity index (χ3v) is 18.4. The van der Waals surface area contributed by atoms with Crippen LogP contribution in [-0.2, 0) is 48.9 Å². The van der Waals surface area contributed by atoms with E-state index in [1.165, 1.54) is 55.6 Å². The normalized spacial score (nSPS) is 14.7. The molecule has 1 saturated heterocycles. The molecule has 1 aliphatic heterocycles. The first-order valence-corrected chi connectivity index (χ1v) is 28.8. The van der Waals surface area contributed by atoms with Crippen LogP contribution < -0.4 is 5.46 Å². The zero-order valence-electron chi connectivity index (χ0n) is 49.6. The highest BCUT2D eigenvalue weighted by molar-refractivity contribution is 6.62. The molecule has 0 atom stereocenters. The van der Waals surface area contributed by atoms with Crippen LogP contribution in [0.1, 0.15) is 215 Å². The van der Waals surface area contributed by atoms with Crippen molar-refractivity contribution in [2.45, 2.75) is 234 Å². The second kappa shape index (κ2) is 25.7. The smallest absolute Gasteiger partial charge is 0.466 e. The van der Waals surface area contributed by atoms with Gasteiger partial charge in [-0.05, 0) is 207 Å². The Kier molecular flexibility index (Phi) is 21.0. The van der Waals surface area contributed by atoms with Crippen molar-refractivity contribution in [1.29, 1.82) is 0 Å². The van der Waals surface area contributed by atoms with E-state index in [9.17, 15) is 15.0 Å². The van der Waals surface area contributed by atoms with Gasteiger partial charge in [0.05, 0.1) is 41.1 Å². The first-order valence-electron chi connectivity index (χ1n) is 28.8. The first-order chi connectivity index (χ1) is 35.4. The second-order valence-corrected chi connectivity index (χ2v) is 22.9. The van der Waals surface area contributed by atoms with E-state index in [0.717, 1.165) is 99.3 Å². The molecule has 7 nitrogen and oxygen atoms in total. The van der Waals surface area contributed by atoms with E-state index in [-0.39, 0.29) is 41.5 Å². The number of aryl methyl sites for hydroxylation is 6. The van der Waals surface area contributed by atoms with E-state index in [1.54, 1.807) is 6.20 Å². The molecule has 0 spiro atoms. The van der Waals surface area contributed by atoms with E-state index < -0.39 is 11.2 Å². The van der Waals surface area contributed by atoms with Gasteiger partial charge in [0.25, 0.3) is 0 Å². The van der Waals surface area contributed by atoms with Crippen molar-refractivity contribution in [1.82, 2.24) is 4.98 Å². The highest BCUT2D eigenvalue weighted by Crippen LogP contribution is 2.43. The van der Waals surface area contributed by atoms with Crippen LogP contribution in [0.2, 0.25) is 0 Å². The molecule has 0 bridgehead atoms. The standard InChI is InChI=1S/C35H47NO3.C32H49BO3/c1-8-34(38,9-2)20-19-28-14-15-29(21-25(28)6)35(10-3,11-4)30-16-17-31(26(7)22-30)32-18-13-27(24-36-32)23-33(37)39-12-5;1-11-31(34,12-2)20-19-25-15-16-26(21-23(25)5)32(13-3,14-4)27-17-18-28(24(6)22-27)33-35-29(7,8)30(9,10)36-33/h13-18,21-22,24,38H,8-12,19-20,23H2,1-7H3;15-18,21-22,34H,11-14,19-20H2,1-10H3. The zero-order chi connectivity index (χ0) is 55.6. The number of ether oxygens (including phenoxy) is 1. The fourth-order valence-corrected chi connectivity index (χ4v) is 11.5. The molecule has 1 aromatic heterocycles. The van der Waals surface area contributed by atoms with Gasteiger partial charge in [-0.15, -0.1) is 0 Å². The van der Waals surface area contributed by atoms with Gasteiger partial charge in [-0.3, -0.25) is 9.78 Å². The second-order valence-electron chi connectivity index (χ2n) is 22.9. The van der Waals surface area contributed by atoms with Crippen molar-refractivity contribution < 1.29 is 29.1 Å². The number of benzene rings is 4. The van der Waals surface area contributed by atoms with Crippen molar-refractivity contribution in [2.24, 2.45) is 0 Å². The number of aromatic nitrogens is 1. The predicted octanol–water partition coefficient (Wildman–Crippen LogP) is 15.3. The Morgan fingerprint density at radius 3 is 1.32 bits per heavy atom. The van der Waals surface area contributed by atoms with Gasteiger partial charge in [-0.1, -0.05) is 140 Å². The molecular weight excluding hydrogens is 926 g/mol. The summed E-state index contributed by atoms with van der Waals surface area (Å²) in [4.78, 5) is 16.5. The minimum atomic E-state index is -0.572. The van der Waals surface area contributed by atoms with Crippen LogP contribution in [-0.4, -0.2) is 57.3 Å². The molecule has 2 heterocycles. The lowest BCUT2D eigenvalue weighted by Gasteiger charge is -2.34. The van der Waals surface area contributed by atoms with Crippen LogP contribution in [0.3, 0.4) is 0 Å². The van der Waals surface area contributed by atoms with Crippen molar-refractivity contribution in [3.8, 4) is 11.3 Å². The van der Waals surface area contributed by atoms with Gasteiger partial charge in [-0.2, -0.15) is 0 Å². The lowest BCUT2D eigenvalue weighted by Crippen LogP contribution is -2.41. The van der Waals surface area contributed by atoms with Gasteiger partial charge < -0.3 is 24.3 Å². The van der Waals surface area contributed by atoms with Crippen molar-refractivity contribution in [3.05, 3.63) is 152 Å². The fraction of sp³-hybridized carbons (Fsp3) is 0.552. The Hall–Kier alpha value is -4.60. The number of hydrogen-bond acceptors (Lipinski definition) is 7. The molecule has 75 heavy (non-hydrogen) atoms. The summed E-state index contributed by atoms with van der Waals surface area (Å²) in [6.45, 7) is 36.8. The highest BCUT2D eigenvalue weighted by Gasteiger charge is 2.52. The average Bonchev–Trinajstić information content (AvgIpc) is 3.62. The number of hydrogen-bond donors (Lipinski definition) is 2. The van der Waals surface area contributed by atoms with Crippen molar-refractivity contribution in [2.75, 3.05) is 6.61 Å². The van der Waals surface area contributed by atoms with Crippen LogP contribution in [0, 0.1) is 27.7 Å². The van der Waals surface area contributed by atoms with E-state index in [0.29, 0.717) is 6.61 Å². The maximum absolute atomic E-state index is 11.8. The Morgan fingerprint density at radius 2 is 0.960 bits per heavy atom. The molecule has 1 aliphatic rings. The summed E-state index contributed by atoms with van der Waals surface area (Å²) in [6, 6.07) is 31.5. The maximum atomic E-state index is 11.8. The molecule has 0 amide bonds. The first kappa shape index (κ1) is 61.3. The monoisotopic (exact) mass is 1020 g/mol. The molecule has 5 aromatic rings. The van der Waals surface area contributed by atoms with Gasteiger partial charge in [0.2, 0.25) is 0 Å². The van der Waals surface area contributed by atoms with Crippen LogP contribution in [0.15, 0.2) is 91.1 Å². The number of nitrogens with zero attached hydrogens (tertiary/aromatic N) is 1. The average molecular weight is 1020 g/mol. The molecule has 0 radical (unpaired) electrons. The lowest BCUT2D eigenvalue weighted by atomic mass is 9.67. The quantitative estimate of drug-likeness (QED) is 0.0497. The number of rotatable bonds is 23. The number of carbonyl (C=O) groups is 1. The van der Waals surface area contributed by atoms with E-state index in [2.05, 4.69) is 189 Å². The summed E-state index contributed by atoms with van der Waals surface area (Å²) in [7, 11) is -0.340. The fourth-order valence-electron chi connectivity index (χ4n) is 11.5. The van der Waals surface area contributed by atoms with Crippen molar-refractivity contribution in [3.63, 3.8) is 0 Å². The topological polar surface area (TPSA) is 98.1 Å². The molecule has 0 aliphatic carbocycles. The van der Waals surface area contributed by atoms with Crippen LogP contribution >= 0.6 is 0 Å². The van der Waals surface area contributed by atoms with E-state index in [4.69, 9.17) is 14.0 Å². The number of carbonyl (C=O) groups excluding carboxylic acids is 1. The van der Waals surface area contributed by atoms with Crippen LogP contribution in [0.5, 0.6) is 0 Å². The van der Waals surface area contributed by atoms with Gasteiger partial charge in [-0.25, -0.2) is 0 Å². The molecule has 408 valence electrons. The Morgan fingerprint density at radius 1 is 0.547 bits per heavy atom. The minimum absolute atomic E-state index is 0.0455. The van der Waals surface area contributed by atoms with Crippen molar-refractivity contribution >= 4 is 18.6 Å². The Balaban J connectivity index is 0.000000278. The van der Waals surface area contributed by atoms with E-state index in [1.807, 2.05) is 19.1 Å². The predicted molar refractivity (Wildman–Crippen MR) is 314 cm³/mol. The lowest BCUT2D eigenvalue weighted by molar-refractivity contribution is -0.142. The molecule has 1 fully saturated rings. The molecular formula is C67H96BNO6. The number of esters is 1. The van der Waals surface area contributed by atoms with Crippen LogP contribution in [0.4, 0.5) is 0 Å². The summed E-state index contributed by atoms with van der Waals surface area (Å²) in [5, 5.41) is 21.5. The molecule has 0 saturated carbocycles. The maximum Gasteiger partial charge on any atom is 0.495 e. The van der Waals surface area contributed by atoms with E-state index >= 15 is 0 Å².